The lowest BCUT2D eigenvalue weighted by Crippen LogP contribution is -2.30. The van der Waals surface area contributed by atoms with E-state index in [0.717, 1.165) is 108 Å². The minimum Gasteiger partial charge on any atom is -0.462 e. The molecular weight excluding hydrogens is 1250 g/mol. The molecule has 0 aliphatic rings. The van der Waals surface area contributed by atoms with Crippen molar-refractivity contribution in [3.8, 4) is 0 Å². The number of aliphatic hydroxyl groups is 1. The predicted octanol–water partition coefficient (Wildman–Crippen LogP) is 22.3. The largest absolute Gasteiger partial charge is 0.472 e. The lowest BCUT2D eigenvalue weighted by Gasteiger charge is -2.21. The highest BCUT2D eigenvalue weighted by atomic mass is 31.2. The van der Waals surface area contributed by atoms with Crippen LogP contribution in [-0.2, 0) is 65.4 Å². The second kappa shape index (κ2) is 67.9. The highest BCUT2D eigenvalue weighted by molar-refractivity contribution is 7.47. The fourth-order valence-electron chi connectivity index (χ4n) is 11.7. The van der Waals surface area contributed by atoms with Crippen molar-refractivity contribution in [1.82, 2.24) is 0 Å². The van der Waals surface area contributed by atoms with Gasteiger partial charge in [-0.25, -0.2) is 9.13 Å². The Hall–Kier alpha value is -1.94. The molecule has 0 bridgehead atoms. The minimum absolute atomic E-state index is 0.107. The summed E-state index contributed by atoms with van der Waals surface area (Å²) < 4.78 is 68.4. The molecule has 0 aromatic rings. The van der Waals surface area contributed by atoms with Crippen molar-refractivity contribution in [2.24, 2.45) is 11.8 Å². The average Bonchev–Trinajstić information content (AvgIpc) is 2.68. The number of carbonyl (C=O) groups is 4. The Balaban J connectivity index is 5.20. The second-order valence-corrected chi connectivity index (χ2v) is 31.3. The molecule has 3 N–H and O–H groups in total. The molecule has 0 amide bonds. The number of carbonyl (C=O) groups excluding carboxylic acids is 4. The molecule has 0 rings (SSSR count). The maximum absolute atomic E-state index is 13.1. The predicted molar refractivity (Wildman–Crippen MR) is 386 cm³/mol. The van der Waals surface area contributed by atoms with Crippen molar-refractivity contribution in [1.29, 1.82) is 0 Å². The number of hydrogen-bond acceptors (Lipinski definition) is 15. The van der Waals surface area contributed by atoms with E-state index in [4.69, 9.17) is 37.0 Å². The third-order valence-corrected chi connectivity index (χ3v) is 19.6. The number of ether oxygens (including phenoxy) is 4. The van der Waals surface area contributed by atoms with E-state index < -0.39 is 97.5 Å². The number of rotatable bonds is 75. The maximum Gasteiger partial charge on any atom is 0.472 e. The molecule has 5 atom stereocenters. The van der Waals surface area contributed by atoms with E-state index >= 15 is 0 Å². The van der Waals surface area contributed by atoms with Gasteiger partial charge < -0.3 is 33.8 Å². The molecule has 0 saturated carbocycles. The average molecular weight is 1400 g/mol. The molecule has 95 heavy (non-hydrogen) atoms. The molecule has 19 heteroatoms. The standard InChI is InChI=1S/C76H148O17P2/c1-7-9-11-13-15-17-28-36-42-48-54-60-75(80)92-71(64-86-73(78)58-52-46-40-16-14-12-10-8-2)66-90-94(82,83)88-62-70(77)63-89-95(84,85)91-67-72(93-76(81)61-55-49-43-37-32-27-23-19-21-25-30-34-39-45-51-57-69(5)6)65-87-74(79)59-53-47-41-35-31-26-22-18-20-24-29-33-38-44-50-56-68(3)4/h68-72,77H,7-67H2,1-6H3,(H,82,83)(H,84,85)/t70-,71+,72+/m0/s1. The monoisotopic (exact) mass is 1400 g/mol. The van der Waals surface area contributed by atoms with E-state index in [-0.39, 0.29) is 25.7 Å². The van der Waals surface area contributed by atoms with Gasteiger partial charge in [0.1, 0.15) is 19.3 Å². The molecule has 2 unspecified atom stereocenters. The van der Waals surface area contributed by atoms with Gasteiger partial charge in [0, 0.05) is 25.7 Å². The van der Waals surface area contributed by atoms with Gasteiger partial charge in [0.2, 0.25) is 0 Å². The van der Waals surface area contributed by atoms with Gasteiger partial charge in [-0.3, -0.25) is 37.3 Å². The molecule has 0 saturated heterocycles. The lowest BCUT2D eigenvalue weighted by atomic mass is 10.0. The Bertz CT molecular complexity index is 1840. The molecule has 0 spiro atoms. The van der Waals surface area contributed by atoms with Crippen LogP contribution in [0.2, 0.25) is 0 Å². The van der Waals surface area contributed by atoms with Crippen LogP contribution in [0.4, 0.5) is 0 Å². The first-order valence-electron chi connectivity index (χ1n) is 39.5. The van der Waals surface area contributed by atoms with Crippen molar-refractivity contribution in [3.63, 3.8) is 0 Å². The smallest absolute Gasteiger partial charge is 0.462 e. The molecule has 0 aromatic carbocycles. The van der Waals surface area contributed by atoms with Crippen LogP contribution in [0.3, 0.4) is 0 Å². The van der Waals surface area contributed by atoms with E-state index in [1.807, 2.05) is 0 Å². The second-order valence-electron chi connectivity index (χ2n) is 28.3. The summed E-state index contributed by atoms with van der Waals surface area (Å²) in [5, 5.41) is 10.6. The first-order chi connectivity index (χ1) is 45.9. The van der Waals surface area contributed by atoms with Crippen LogP contribution < -0.4 is 0 Å². The zero-order chi connectivity index (χ0) is 70.0. The van der Waals surface area contributed by atoms with E-state index in [2.05, 4.69) is 41.5 Å². The van der Waals surface area contributed by atoms with Crippen LogP contribution in [0.5, 0.6) is 0 Å². The molecule has 0 aliphatic heterocycles. The third-order valence-electron chi connectivity index (χ3n) is 17.7. The summed E-state index contributed by atoms with van der Waals surface area (Å²) in [6, 6.07) is 0. The summed E-state index contributed by atoms with van der Waals surface area (Å²) in [6.45, 7) is 9.62. The summed E-state index contributed by atoms with van der Waals surface area (Å²) in [6.07, 6.45) is 55.5. The minimum atomic E-state index is -4.96. The first kappa shape index (κ1) is 93.1. The summed E-state index contributed by atoms with van der Waals surface area (Å²) in [5.74, 6) is -0.508. The Labute approximate surface area is 581 Å². The fourth-order valence-corrected chi connectivity index (χ4v) is 13.2. The van der Waals surface area contributed by atoms with Crippen LogP contribution in [0.15, 0.2) is 0 Å². The third kappa shape index (κ3) is 70.3. The molecule has 0 fully saturated rings. The summed E-state index contributed by atoms with van der Waals surface area (Å²) in [5.41, 5.74) is 0. The van der Waals surface area contributed by atoms with Gasteiger partial charge in [0.05, 0.1) is 26.4 Å². The maximum atomic E-state index is 13.1. The van der Waals surface area contributed by atoms with Gasteiger partial charge in [-0.05, 0) is 37.5 Å². The topological polar surface area (TPSA) is 237 Å². The van der Waals surface area contributed by atoms with Crippen molar-refractivity contribution in [2.75, 3.05) is 39.6 Å². The zero-order valence-corrected chi connectivity index (χ0v) is 63.8. The Morgan fingerprint density at radius 1 is 0.284 bits per heavy atom. The molecule has 0 aromatic heterocycles. The SMILES string of the molecule is CCCCCCCCCCCCCC(=O)O[C@H](COC(=O)CCCCCCCCCC)COP(=O)(O)OC[C@H](O)COP(=O)(O)OC[C@@H](COC(=O)CCCCCCCCCCCCCCCCCC(C)C)OC(=O)CCCCCCCCCCCCCCCCCC(C)C. The quantitative estimate of drug-likeness (QED) is 0.0222. The van der Waals surface area contributed by atoms with Gasteiger partial charge in [-0.15, -0.1) is 0 Å². The summed E-state index contributed by atoms with van der Waals surface area (Å²) >= 11 is 0. The van der Waals surface area contributed by atoms with Crippen LogP contribution in [-0.4, -0.2) is 96.7 Å². The summed E-state index contributed by atoms with van der Waals surface area (Å²) in [7, 11) is -9.91. The first-order valence-corrected chi connectivity index (χ1v) is 42.5. The van der Waals surface area contributed by atoms with Gasteiger partial charge in [0.15, 0.2) is 12.2 Å². The number of phosphoric ester groups is 2. The number of aliphatic hydroxyl groups excluding tert-OH is 1. The van der Waals surface area contributed by atoms with Crippen molar-refractivity contribution in [3.05, 3.63) is 0 Å². The number of phosphoric acid groups is 2. The molecule has 0 heterocycles. The van der Waals surface area contributed by atoms with E-state index in [0.29, 0.717) is 25.7 Å². The van der Waals surface area contributed by atoms with Gasteiger partial charge in [0.25, 0.3) is 0 Å². The number of esters is 4. The fraction of sp³-hybridized carbons (Fsp3) is 0.947. The van der Waals surface area contributed by atoms with Crippen molar-refractivity contribution < 1.29 is 80.2 Å². The van der Waals surface area contributed by atoms with Crippen LogP contribution >= 0.6 is 15.6 Å². The number of hydrogen-bond donors (Lipinski definition) is 3. The van der Waals surface area contributed by atoms with E-state index in [1.165, 1.54) is 205 Å². The summed E-state index contributed by atoms with van der Waals surface area (Å²) in [4.78, 5) is 72.7. The Morgan fingerprint density at radius 2 is 0.484 bits per heavy atom. The van der Waals surface area contributed by atoms with Crippen LogP contribution in [0.25, 0.3) is 0 Å². The lowest BCUT2D eigenvalue weighted by molar-refractivity contribution is -0.161. The highest BCUT2D eigenvalue weighted by Gasteiger charge is 2.30. The highest BCUT2D eigenvalue weighted by Crippen LogP contribution is 2.45. The number of unbranched alkanes of at least 4 members (excludes halogenated alkanes) is 45. The Morgan fingerprint density at radius 3 is 0.716 bits per heavy atom. The molecule has 17 nitrogen and oxygen atoms in total. The van der Waals surface area contributed by atoms with Crippen LogP contribution in [0, 0.1) is 11.8 Å². The van der Waals surface area contributed by atoms with E-state index in [9.17, 15) is 43.2 Å². The molecular formula is C76H148O17P2. The molecule has 0 radical (unpaired) electrons. The van der Waals surface area contributed by atoms with Crippen molar-refractivity contribution >= 4 is 39.5 Å². The zero-order valence-electron chi connectivity index (χ0n) is 62.0. The molecule has 564 valence electrons. The van der Waals surface area contributed by atoms with Gasteiger partial charge >= 0.3 is 39.5 Å². The Kier molecular flexibility index (Phi) is 66.5. The van der Waals surface area contributed by atoms with Gasteiger partial charge in [-0.2, -0.15) is 0 Å². The normalized spacial score (nSPS) is 14.0. The molecule has 0 aliphatic carbocycles. The van der Waals surface area contributed by atoms with E-state index in [1.54, 1.807) is 0 Å². The van der Waals surface area contributed by atoms with Crippen LogP contribution in [0.1, 0.15) is 395 Å². The van der Waals surface area contributed by atoms with Gasteiger partial charge in [-0.1, -0.05) is 343 Å². The van der Waals surface area contributed by atoms with Crippen molar-refractivity contribution in [2.45, 2.75) is 413 Å².